The van der Waals surface area contributed by atoms with Crippen molar-refractivity contribution in [3.63, 3.8) is 0 Å². The number of hydrogen-bond donors (Lipinski definition) is 2. The molecule has 2 amide bonds. The van der Waals surface area contributed by atoms with Gasteiger partial charge in [-0.2, -0.15) is 0 Å². The van der Waals surface area contributed by atoms with Crippen molar-refractivity contribution in [2.45, 2.75) is 70.0 Å². The zero-order chi connectivity index (χ0) is 24.0. The van der Waals surface area contributed by atoms with Crippen molar-refractivity contribution in [2.24, 2.45) is 5.92 Å². The summed E-state index contributed by atoms with van der Waals surface area (Å²) < 4.78 is 27.8. The molecule has 1 aromatic heterocycles. The lowest BCUT2D eigenvalue weighted by molar-refractivity contribution is -0.142. The van der Waals surface area contributed by atoms with E-state index in [9.17, 15) is 18.0 Å². The van der Waals surface area contributed by atoms with Gasteiger partial charge in [0.25, 0.3) is 0 Å². The molecule has 180 valence electrons. The van der Waals surface area contributed by atoms with Gasteiger partial charge in [0.05, 0.1) is 18.0 Å². The van der Waals surface area contributed by atoms with E-state index in [-0.39, 0.29) is 29.3 Å². The van der Waals surface area contributed by atoms with Crippen molar-refractivity contribution in [1.82, 2.24) is 14.9 Å². The van der Waals surface area contributed by atoms with E-state index in [0.717, 1.165) is 36.1 Å². The molecule has 1 aliphatic carbocycles. The summed E-state index contributed by atoms with van der Waals surface area (Å²) in [7, 11) is -3.85. The van der Waals surface area contributed by atoms with Crippen molar-refractivity contribution in [1.29, 1.82) is 0 Å². The predicted octanol–water partition coefficient (Wildman–Crippen LogP) is 3.45. The fourth-order valence-electron chi connectivity index (χ4n) is 4.13. The summed E-state index contributed by atoms with van der Waals surface area (Å²) in [6.45, 7) is 5.53. The summed E-state index contributed by atoms with van der Waals surface area (Å²) in [6.07, 6.45) is 4.09. The van der Waals surface area contributed by atoms with Crippen LogP contribution in [0, 0.1) is 12.8 Å². The minimum Gasteiger partial charge on any atom is -0.352 e. The molecule has 1 aromatic carbocycles. The molecule has 0 radical (unpaired) electrons. The summed E-state index contributed by atoms with van der Waals surface area (Å²) in [5, 5.41) is 5.03. The van der Waals surface area contributed by atoms with E-state index in [4.69, 9.17) is 0 Å². The summed E-state index contributed by atoms with van der Waals surface area (Å²) in [5.74, 6) is -0.744. The lowest BCUT2D eigenvalue weighted by Gasteiger charge is -2.34. The Morgan fingerprint density at radius 1 is 1.12 bits per heavy atom. The van der Waals surface area contributed by atoms with Crippen molar-refractivity contribution in [3.05, 3.63) is 52.2 Å². The molecule has 0 spiro atoms. The number of sulfonamides is 1. The van der Waals surface area contributed by atoms with Crippen LogP contribution in [0.4, 0.5) is 0 Å². The highest BCUT2D eigenvalue weighted by atomic mass is 32.2. The van der Waals surface area contributed by atoms with Crippen LogP contribution >= 0.6 is 11.3 Å². The molecule has 33 heavy (non-hydrogen) atoms. The van der Waals surface area contributed by atoms with Gasteiger partial charge in [0.15, 0.2) is 0 Å². The van der Waals surface area contributed by atoms with Gasteiger partial charge in [-0.25, -0.2) is 13.1 Å². The number of benzene rings is 1. The molecule has 2 N–H and O–H groups in total. The molecular weight excluding hydrogens is 458 g/mol. The first-order valence-electron chi connectivity index (χ1n) is 11.4. The number of hydrogen-bond acceptors (Lipinski definition) is 5. The van der Waals surface area contributed by atoms with E-state index >= 15 is 0 Å². The SMILES string of the molecule is Cc1ccc(S(=O)(=O)NCC(=O)N(Cc2cccs2)[C@@H](C(=O)NC2CCCC2)C(C)C)cc1. The van der Waals surface area contributed by atoms with Crippen LogP contribution in [0.1, 0.15) is 50.0 Å². The van der Waals surface area contributed by atoms with Crippen LogP contribution < -0.4 is 10.0 Å². The largest absolute Gasteiger partial charge is 0.352 e. The molecule has 7 nitrogen and oxygen atoms in total. The number of carbonyl (C=O) groups is 2. The average molecular weight is 492 g/mol. The monoisotopic (exact) mass is 491 g/mol. The Morgan fingerprint density at radius 2 is 1.79 bits per heavy atom. The van der Waals surface area contributed by atoms with Gasteiger partial charge < -0.3 is 10.2 Å². The Kier molecular flexibility index (Phi) is 8.67. The van der Waals surface area contributed by atoms with Gasteiger partial charge in [-0.05, 0) is 49.3 Å². The first-order chi connectivity index (χ1) is 15.7. The van der Waals surface area contributed by atoms with Crippen molar-refractivity contribution >= 4 is 33.2 Å². The van der Waals surface area contributed by atoms with Crippen LogP contribution in [-0.4, -0.2) is 43.8 Å². The van der Waals surface area contributed by atoms with Gasteiger partial charge in [-0.15, -0.1) is 11.3 Å². The second-order valence-corrected chi connectivity index (χ2v) is 11.7. The van der Waals surface area contributed by atoms with Crippen LogP contribution in [0.2, 0.25) is 0 Å². The normalized spacial score (nSPS) is 15.5. The minimum atomic E-state index is -3.85. The van der Waals surface area contributed by atoms with E-state index in [1.807, 2.05) is 38.3 Å². The smallest absolute Gasteiger partial charge is 0.243 e. The van der Waals surface area contributed by atoms with Crippen LogP contribution in [0.15, 0.2) is 46.7 Å². The number of amides is 2. The number of aryl methyl sites for hydroxylation is 1. The van der Waals surface area contributed by atoms with E-state index in [2.05, 4.69) is 10.0 Å². The summed E-state index contributed by atoms with van der Waals surface area (Å²) >= 11 is 1.50. The van der Waals surface area contributed by atoms with Gasteiger partial charge in [0.2, 0.25) is 21.8 Å². The van der Waals surface area contributed by atoms with Gasteiger partial charge in [-0.3, -0.25) is 9.59 Å². The molecule has 0 saturated heterocycles. The molecule has 0 unspecified atom stereocenters. The Morgan fingerprint density at radius 3 is 2.36 bits per heavy atom. The van der Waals surface area contributed by atoms with Crippen LogP contribution in [0.5, 0.6) is 0 Å². The number of nitrogens with zero attached hydrogens (tertiary/aromatic N) is 1. The second kappa shape index (κ2) is 11.3. The first kappa shape index (κ1) is 25.4. The maximum atomic E-state index is 13.3. The lowest BCUT2D eigenvalue weighted by Crippen LogP contribution is -2.55. The number of rotatable bonds is 10. The van der Waals surface area contributed by atoms with E-state index in [1.54, 1.807) is 12.1 Å². The summed E-state index contributed by atoms with van der Waals surface area (Å²) in [6, 6.07) is 9.69. The molecule has 3 rings (SSSR count). The first-order valence-corrected chi connectivity index (χ1v) is 13.7. The Labute approximate surface area is 200 Å². The lowest BCUT2D eigenvalue weighted by atomic mass is 10.0. The highest BCUT2D eigenvalue weighted by Gasteiger charge is 2.34. The van der Waals surface area contributed by atoms with Crippen molar-refractivity contribution < 1.29 is 18.0 Å². The number of carbonyl (C=O) groups excluding carboxylic acids is 2. The van der Waals surface area contributed by atoms with E-state index in [1.165, 1.54) is 28.4 Å². The van der Waals surface area contributed by atoms with Crippen molar-refractivity contribution in [2.75, 3.05) is 6.54 Å². The molecule has 1 saturated carbocycles. The van der Waals surface area contributed by atoms with E-state index < -0.39 is 28.5 Å². The zero-order valence-electron chi connectivity index (χ0n) is 19.4. The maximum absolute atomic E-state index is 13.3. The predicted molar refractivity (Wildman–Crippen MR) is 130 cm³/mol. The van der Waals surface area contributed by atoms with Gasteiger partial charge in [0.1, 0.15) is 6.04 Å². The minimum absolute atomic E-state index is 0.102. The molecule has 9 heteroatoms. The third kappa shape index (κ3) is 6.88. The third-order valence-corrected chi connectivity index (χ3v) is 8.19. The molecule has 0 bridgehead atoms. The van der Waals surface area contributed by atoms with Crippen LogP contribution in [0.3, 0.4) is 0 Å². The second-order valence-electron chi connectivity index (χ2n) is 8.92. The number of nitrogens with one attached hydrogen (secondary N) is 2. The summed E-state index contributed by atoms with van der Waals surface area (Å²) in [4.78, 5) is 29.1. The molecule has 1 atom stereocenters. The van der Waals surface area contributed by atoms with Crippen LogP contribution in [0.25, 0.3) is 0 Å². The third-order valence-electron chi connectivity index (χ3n) is 5.91. The molecule has 1 aliphatic rings. The molecule has 1 fully saturated rings. The van der Waals surface area contributed by atoms with Gasteiger partial charge in [-0.1, -0.05) is 50.5 Å². The van der Waals surface area contributed by atoms with Crippen LogP contribution in [-0.2, 0) is 26.2 Å². The fourth-order valence-corrected chi connectivity index (χ4v) is 5.81. The quantitative estimate of drug-likeness (QED) is 0.532. The Hall–Kier alpha value is -2.23. The number of thiophene rings is 1. The Bertz CT molecular complexity index is 1030. The van der Waals surface area contributed by atoms with E-state index in [0.29, 0.717) is 0 Å². The topological polar surface area (TPSA) is 95.6 Å². The fraction of sp³-hybridized carbons (Fsp3) is 0.500. The molecule has 0 aliphatic heterocycles. The molecule has 1 heterocycles. The molecular formula is C24H33N3O4S2. The average Bonchev–Trinajstić information content (AvgIpc) is 3.46. The highest BCUT2D eigenvalue weighted by Crippen LogP contribution is 2.22. The summed E-state index contributed by atoms with van der Waals surface area (Å²) in [5.41, 5.74) is 0.945. The maximum Gasteiger partial charge on any atom is 0.243 e. The molecule has 2 aromatic rings. The highest BCUT2D eigenvalue weighted by molar-refractivity contribution is 7.89. The Balaban J connectivity index is 1.78. The van der Waals surface area contributed by atoms with Crippen molar-refractivity contribution in [3.8, 4) is 0 Å². The van der Waals surface area contributed by atoms with Gasteiger partial charge >= 0.3 is 0 Å². The standard InChI is InChI=1S/C24H33N3O4S2/c1-17(2)23(24(29)26-19-7-4-5-8-19)27(16-20-9-6-14-32-20)22(28)15-25-33(30,31)21-12-10-18(3)11-13-21/h6,9-14,17,19,23,25H,4-5,7-8,15-16H2,1-3H3,(H,26,29)/t23-/m1/s1. The van der Waals surface area contributed by atoms with Gasteiger partial charge in [0, 0.05) is 10.9 Å². The zero-order valence-corrected chi connectivity index (χ0v) is 21.0.